The first-order chi connectivity index (χ1) is 30.0. The molecule has 1 atom stereocenters. The van der Waals surface area contributed by atoms with Crippen LogP contribution in [0.1, 0.15) is 95.5 Å². The summed E-state index contributed by atoms with van der Waals surface area (Å²) >= 11 is 1.59. The highest BCUT2D eigenvalue weighted by atomic mass is 32.1. The van der Waals surface area contributed by atoms with E-state index in [1.54, 1.807) is 48.1 Å². The molecule has 1 aliphatic carbocycles. The van der Waals surface area contributed by atoms with Crippen LogP contribution in [0.5, 0.6) is 0 Å². The van der Waals surface area contributed by atoms with Gasteiger partial charge in [0.15, 0.2) is 0 Å². The van der Waals surface area contributed by atoms with Gasteiger partial charge in [0.25, 0.3) is 5.91 Å². The number of hydrogen-bond acceptors (Lipinski definition) is 9. The SMILES string of the molecule is CN(C)C(=O)c1cc2c(C3CCC(N4CCN(CCc5ccc6c(c5)n(C)c(=O)n6C5CCC(=O)NC5=O)CC4)CC3)cc(C3=CCCN(C(=O)CCc4nccs4)C3)cc2[nH]1. The molecule has 2 saturated heterocycles. The van der Waals surface area contributed by atoms with Crippen LogP contribution in [0.15, 0.2) is 58.8 Å². The fourth-order valence-corrected chi connectivity index (χ4v) is 10.9. The molecule has 3 fully saturated rings. The molecule has 3 aromatic heterocycles. The Hall–Kier alpha value is -5.38. The summed E-state index contributed by atoms with van der Waals surface area (Å²) in [6, 6.07) is 12.5. The number of nitrogens with one attached hydrogen (secondary N) is 2. The number of rotatable bonds is 11. The Balaban J connectivity index is 0.822. The number of piperazine rings is 1. The number of carbonyl (C=O) groups is 4. The maximum atomic E-state index is 13.3. The molecule has 0 bridgehead atoms. The van der Waals surface area contributed by atoms with Crippen molar-refractivity contribution in [2.45, 2.75) is 82.2 Å². The van der Waals surface area contributed by atoms with Crippen molar-refractivity contribution in [2.75, 3.05) is 59.9 Å². The third kappa shape index (κ3) is 8.54. The quantitative estimate of drug-likeness (QED) is 0.175. The van der Waals surface area contributed by atoms with Gasteiger partial charge in [-0.3, -0.25) is 38.5 Å². The Labute approximate surface area is 365 Å². The molecular weight excluding hydrogens is 803 g/mol. The Morgan fingerprint density at radius 1 is 0.919 bits per heavy atom. The molecule has 9 rings (SSSR count). The van der Waals surface area contributed by atoms with Gasteiger partial charge in [0, 0.05) is 115 Å². The molecule has 6 heterocycles. The van der Waals surface area contributed by atoms with Crippen molar-refractivity contribution in [3.63, 3.8) is 0 Å². The lowest BCUT2D eigenvalue weighted by atomic mass is 9.79. The van der Waals surface area contributed by atoms with Crippen molar-refractivity contribution in [2.24, 2.45) is 7.05 Å². The number of aromatic nitrogens is 4. The van der Waals surface area contributed by atoms with Crippen molar-refractivity contribution in [1.82, 2.24) is 44.0 Å². The number of nitrogens with zero attached hydrogens (tertiary/aromatic N) is 7. The summed E-state index contributed by atoms with van der Waals surface area (Å²) in [4.78, 5) is 80.7. The monoisotopic (exact) mass is 859 g/mol. The molecule has 2 N–H and O–H groups in total. The van der Waals surface area contributed by atoms with Gasteiger partial charge >= 0.3 is 5.69 Å². The summed E-state index contributed by atoms with van der Waals surface area (Å²) in [5.41, 5.74) is 7.59. The summed E-state index contributed by atoms with van der Waals surface area (Å²) in [7, 11) is 5.31. The van der Waals surface area contributed by atoms with E-state index in [1.165, 1.54) is 15.7 Å². The Morgan fingerprint density at radius 3 is 2.47 bits per heavy atom. The number of carbonyl (C=O) groups excluding carboxylic acids is 4. The van der Waals surface area contributed by atoms with Gasteiger partial charge in [-0.2, -0.15) is 0 Å². The normalized spacial score (nSPS) is 21.7. The van der Waals surface area contributed by atoms with Crippen LogP contribution in [0.4, 0.5) is 0 Å². The zero-order chi connectivity index (χ0) is 43.1. The van der Waals surface area contributed by atoms with Crippen LogP contribution in [0.2, 0.25) is 0 Å². The molecule has 4 aliphatic rings. The second kappa shape index (κ2) is 17.8. The maximum Gasteiger partial charge on any atom is 0.329 e. The predicted octanol–water partition coefficient (Wildman–Crippen LogP) is 5.09. The topological polar surface area (TPSA) is 149 Å². The number of amides is 4. The van der Waals surface area contributed by atoms with E-state index in [-0.39, 0.29) is 29.8 Å². The fourth-order valence-electron chi connectivity index (χ4n) is 10.2. The van der Waals surface area contributed by atoms with E-state index in [0.29, 0.717) is 49.0 Å². The summed E-state index contributed by atoms with van der Waals surface area (Å²) in [5, 5.41) is 6.45. The number of imidazole rings is 1. The van der Waals surface area contributed by atoms with Crippen molar-refractivity contribution in [3.05, 3.63) is 91.9 Å². The van der Waals surface area contributed by atoms with E-state index in [4.69, 9.17) is 0 Å². The van der Waals surface area contributed by atoms with E-state index in [9.17, 15) is 24.0 Å². The van der Waals surface area contributed by atoms with E-state index in [0.717, 1.165) is 110 Å². The van der Waals surface area contributed by atoms with Gasteiger partial charge in [0.2, 0.25) is 17.7 Å². The summed E-state index contributed by atoms with van der Waals surface area (Å²) in [5.74, 6) is -0.209. The van der Waals surface area contributed by atoms with Gasteiger partial charge in [-0.1, -0.05) is 18.2 Å². The molecule has 0 spiro atoms. The highest BCUT2D eigenvalue weighted by Gasteiger charge is 2.33. The van der Waals surface area contributed by atoms with Crippen LogP contribution in [-0.2, 0) is 34.3 Å². The van der Waals surface area contributed by atoms with Crippen LogP contribution in [0.3, 0.4) is 0 Å². The van der Waals surface area contributed by atoms with Gasteiger partial charge in [0.05, 0.1) is 16.0 Å². The Bertz CT molecular complexity index is 2590. The predicted molar refractivity (Wildman–Crippen MR) is 241 cm³/mol. The van der Waals surface area contributed by atoms with E-state index >= 15 is 0 Å². The van der Waals surface area contributed by atoms with Crippen LogP contribution in [0, 0.1) is 0 Å². The van der Waals surface area contributed by atoms with Crippen molar-refractivity contribution < 1.29 is 19.2 Å². The first-order valence-corrected chi connectivity index (χ1v) is 23.1. The average Bonchev–Trinajstić information content (AvgIpc) is 4.03. The zero-order valence-corrected chi connectivity index (χ0v) is 36.8. The lowest BCUT2D eigenvalue weighted by molar-refractivity contribution is -0.136. The zero-order valence-electron chi connectivity index (χ0n) is 36.0. The van der Waals surface area contributed by atoms with Gasteiger partial charge in [-0.15, -0.1) is 11.3 Å². The minimum absolute atomic E-state index is 0.0415. The lowest BCUT2D eigenvalue weighted by Gasteiger charge is -2.42. The average molecular weight is 860 g/mol. The first kappa shape index (κ1) is 41.9. The van der Waals surface area contributed by atoms with Crippen molar-refractivity contribution in [3.8, 4) is 0 Å². The molecule has 14 nitrogen and oxygen atoms in total. The molecule has 2 aromatic carbocycles. The Morgan fingerprint density at radius 2 is 1.73 bits per heavy atom. The van der Waals surface area contributed by atoms with Crippen molar-refractivity contribution in [1.29, 1.82) is 0 Å². The molecule has 3 aliphatic heterocycles. The van der Waals surface area contributed by atoms with Crippen LogP contribution >= 0.6 is 11.3 Å². The number of benzene rings is 2. The highest BCUT2D eigenvalue weighted by molar-refractivity contribution is 7.09. The third-order valence-electron chi connectivity index (χ3n) is 13.8. The van der Waals surface area contributed by atoms with E-state index < -0.39 is 11.9 Å². The van der Waals surface area contributed by atoms with Gasteiger partial charge in [0.1, 0.15) is 11.7 Å². The number of piperidine rings is 1. The van der Waals surface area contributed by atoms with Gasteiger partial charge in [-0.05, 0) is 97.4 Å². The maximum absolute atomic E-state index is 13.3. The first-order valence-electron chi connectivity index (χ1n) is 22.2. The Kier molecular flexibility index (Phi) is 12.0. The standard InChI is InChI=1S/C47H57N9O5S/c1-51(2)46(60)38-28-36-35(26-33(27-37(36)49-38)32-5-4-18-55(29-32)44(58)15-14-43-48-17-24-62-43)31-7-9-34(10-8-31)54-22-20-53(21-23-54)19-16-30-6-11-39-41(25-30)52(3)47(61)56(39)40-12-13-42(57)50-45(40)59/h5-6,11,17,24-28,31,34,40,49H,4,7-10,12-16,18-23,29H2,1-3H3,(H,50,57,59). The molecular formula is C47H57N9O5S. The number of fused-ring (bicyclic) bond motifs is 2. The molecule has 4 amide bonds. The number of imide groups is 1. The van der Waals surface area contributed by atoms with Crippen LogP contribution < -0.4 is 11.0 Å². The lowest BCUT2D eigenvalue weighted by Crippen LogP contribution is -2.51. The fraction of sp³-hybridized carbons (Fsp3) is 0.489. The molecule has 62 heavy (non-hydrogen) atoms. The summed E-state index contributed by atoms with van der Waals surface area (Å²) in [6.45, 7) is 6.35. The second-order valence-electron chi connectivity index (χ2n) is 17.8. The smallest absolute Gasteiger partial charge is 0.329 e. The van der Waals surface area contributed by atoms with E-state index in [1.807, 2.05) is 22.4 Å². The van der Waals surface area contributed by atoms with Crippen LogP contribution in [-0.4, -0.2) is 128 Å². The number of hydrogen-bond donors (Lipinski definition) is 2. The number of thiazole rings is 1. The highest BCUT2D eigenvalue weighted by Crippen LogP contribution is 2.40. The molecule has 15 heteroatoms. The van der Waals surface area contributed by atoms with Gasteiger partial charge in [-0.25, -0.2) is 9.78 Å². The number of H-pyrrole nitrogens is 1. The third-order valence-corrected chi connectivity index (χ3v) is 14.6. The van der Waals surface area contributed by atoms with Gasteiger partial charge < -0.3 is 19.7 Å². The molecule has 1 saturated carbocycles. The largest absolute Gasteiger partial charge is 0.350 e. The summed E-state index contributed by atoms with van der Waals surface area (Å²) in [6.07, 6.45) is 11.9. The van der Waals surface area contributed by atoms with E-state index in [2.05, 4.69) is 55.4 Å². The molecule has 1 unspecified atom stereocenters. The number of aromatic amines is 1. The summed E-state index contributed by atoms with van der Waals surface area (Å²) < 4.78 is 3.14. The minimum Gasteiger partial charge on any atom is -0.350 e. The molecule has 5 aromatic rings. The second-order valence-corrected chi connectivity index (χ2v) is 18.8. The molecule has 326 valence electrons. The number of aryl methyl sites for hydroxylation is 2. The van der Waals surface area contributed by atoms with Crippen molar-refractivity contribution >= 4 is 62.5 Å². The van der Waals surface area contributed by atoms with Crippen LogP contribution in [0.25, 0.3) is 27.5 Å². The molecule has 0 radical (unpaired) electrons. The minimum atomic E-state index is -0.684.